The first-order valence-corrected chi connectivity index (χ1v) is 6.22. The number of rotatable bonds is 3. The number of nitriles is 1. The summed E-state index contributed by atoms with van der Waals surface area (Å²) in [6, 6.07) is 12.3. The third kappa shape index (κ3) is 3.37. The molecule has 2 aromatic rings. The fourth-order valence-corrected chi connectivity index (χ4v) is 1.90. The first kappa shape index (κ1) is 13.7. The van der Waals surface area contributed by atoms with E-state index in [4.69, 9.17) is 23.2 Å². The zero-order chi connectivity index (χ0) is 13.8. The maximum atomic E-state index is 12.8. The summed E-state index contributed by atoms with van der Waals surface area (Å²) in [4.78, 5) is 0. The summed E-state index contributed by atoms with van der Waals surface area (Å²) in [7, 11) is 0. The highest BCUT2D eigenvalue weighted by Crippen LogP contribution is 2.27. The normalized spacial score (nSPS) is 11.7. The summed E-state index contributed by atoms with van der Waals surface area (Å²) in [6.07, 6.45) is 0. The molecule has 0 saturated heterocycles. The van der Waals surface area contributed by atoms with Crippen molar-refractivity contribution >= 4 is 28.9 Å². The molecular formula is C14H9Cl2FN2. The first-order valence-electron chi connectivity index (χ1n) is 5.47. The number of benzene rings is 2. The first-order chi connectivity index (χ1) is 9.10. The molecule has 2 nitrogen and oxygen atoms in total. The van der Waals surface area contributed by atoms with Crippen LogP contribution in [-0.4, -0.2) is 0 Å². The van der Waals surface area contributed by atoms with E-state index in [1.165, 1.54) is 12.1 Å². The van der Waals surface area contributed by atoms with E-state index in [0.29, 0.717) is 21.3 Å². The minimum absolute atomic E-state index is 0.325. The summed E-state index contributed by atoms with van der Waals surface area (Å²) in [5.74, 6) is -0.325. The molecule has 0 saturated carbocycles. The van der Waals surface area contributed by atoms with Gasteiger partial charge in [0, 0.05) is 5.69 Å². The molecule has 0 bridgehead atoms. The Labute approximate surface area is 120 Å². The van der Waals surface area contributed by atoms with Crippen LogP contribution in [0.5, 0.6) is 0 Å². The molecule has 1 N–H and O–H groups in total. The Morgan fingerprint density at radius 2 is 1.74 bits per heavy atom. The van der Waals surface area contributed by atoms with Gasteiger partial charge in [-0.15, -0.1) is 0 Å². The lowest BCUT2D eigenvalue weighted by Crippen LogP contribution is -2.08. The van der Waals surface area contributed by atoms with Gasteiger partial charge in [-0.3, -0.25) is 0 Å². The number of hydrogen-bond donors (Lipinski definition) is 1. The molecule has 0 aliphatic rings. The van der Waals surface area contributed by atoms with Crippen LogP contribution < -0.4 is 5.32 Å². The van der Waals surface area contributed by atoms with Gasteiger partial charge in [-0.2, -0.15) is 5.26 Å². The second-order valence-corrected chi connectivity index (χ2v) is 4.70. The van der Waals surface area contributed by atoms with Crippen LogP contribution in [0.3, 0.4) is 0 Å². The van der Waals surface area contributed by atoms with Gasteiger partial charge in [0.05, 0.1) is 16.1 Å². The summed E-state index contributed by atoms with van der Waals surface area (Å²) in [6.45, 7) is 0. The van der Waals surface area contributed by atoms with Crippen molar-refractivity contribution in [1.82, 2.24) is 0 Å². The lowest BCUT2D eigenvalue weighted by molar-refractivity contribution is 0.628. The third-order valence-electron chi connectivity index (χ3n) is 2.56. The predicted octanol–water partition coefficient (Wildman–Crippen LogP) is 4.81. The highest BCUT2D eigenvalue weighted by Gasteiger charge is 2.11. The minimum atomic E-state index is -0.583. The van der Waals surface area contributed by atoms with Crippen molar-refractivity contribution in [2.24, 2.45) is 0 Å². The van der Waals surface area contributed by atoms with Crippen molar-refractivity contribution in [2.45, 2.75) is 6.04 Å². The van der Waals surface area contributed by atoms with Gasteiger partial charge in [-0.1, -0.05) is 29.3 Å². The molecule has 0 spiro atoms. The lowest BCUT2D eigenvalue weighted by atomic mass is 10.1. The van der Waals surface area contributed by atoms with Gasteiger partial charge in [-0.25, -0.2) is 4.39 Å². The zero-order valence-corrected chi connectivity index (χ0v) is 11.2. The van der Waals surface area contributed by atoms with E-state index in [2.05, 4.69) is 11.4 Å². The monoisotopic (exact) mass is 294 g/mol. The molecule has 0 radical (unpaired) electrons. The smallest absolute Gasteiger partial charge is 0.140 e. The quantitative estimate of drug-likeness (QED) is 0.882. The maximum absolute atomic E-state index is 12.8. The van der Waals surface area contributed by atoms with E-state index in [9.17, 15) is 9.65 Å². The van der Waals surface area contributed by atoms with Crippen LogP contribution >= 0.6 is 23.2 Å². The topological polar surface area (TPSA) is 35.8 Å². The number of nitrogens with one attached hydrogen (secondary N) is 1. The van der Waals surface area contributed by atoms with Gasteiger partial charge in [-0.05, 0) is 42.0 Å². The molecule has 1 atom stereocenters. The third-order valence-corrected chi connectivity index (χ3v) is 3.30. The van der Waals surface area contributed by atoms with Crippen molar-refractivity contribution in [2.75, 3.05) is 5.32 Å². The van der Waals surface area contributed by atoms with E-state index >= 15 is 0 Å². The Balaban J connectivity index is 2.23. The van der Waals surface area contributed by atoms with E-state index in [1.807, 2.05) is 0 Å². The van der Waals surface area contributed by atoms with Crippen LogP contribution in [0, 0.1) is 17.1 Å². The average Bonchev–Trinajstić information content (AvgIpc) is 2.41. The van der Waals surface area contributed by atoms with Crippen molar-refractivity contribution in [3.8, 4) is 6.07 Å². The summed E-state index contributed by atoms with van der Waals surface area (Å²) >= 11 is 11.7. The maximum Gasteiger partial charge on any atom is 0.140 e. The Hall–Kier alpha value is -1.76. The van der Waals surface area contributed by atoms with Crippen molar-refractivity contribution in [3.63, 3.8) is 0 Å². The summed E-state index contributed by atoms with van der Waals surface area (Å²) < 4.78 is 12.8. The highest BCUT2D eigenvalue weighted by molar-refractivity contribution is 6.42. The van der Waals surface area contributed by atoms with Gasteiger partial charge in [0.2, 0.25) is 0 Å². The Kier molecular flexibility index (Phi) is 4.26. The Morgan fingerprint density at radius 1 is 1.05 bits per heavy atom. The van der Waals surface area contributed by atoms with E-state index in [-0.39, 0.29) is 5.82 Å². The fraction of sp³-hybridized carbons (Fsp3) is 0.0714. The number of halogens is 3. The van der Waals surface area contributed by atoms with Crippen LogP contribution in [-0.2, 0) is 0 Å². The van der Waals surface area contributed by atoms with Crippen LogP contribution in [0.2, 0.25) is 10.0 Å². The molecule has 2 aromatic carbocycles. The van der Waals surface area contributed by atoms with E-state index in [1.54, 1.807) is 30.3 Å². The second kappa shape index (κ2) is 5.92. The van der Waals surface area contributed by atoms with Gasteiger partial charge < -0.3 is 5.32 Å². The Bertz CT molecular complexity index is 620. The molecule has 0 aromatic heterocycles. The molecule has 0 aliphatic heterocycles. The molecular weight excluding hydrogens is 286 g/mol. The second-order valence-electron chi connectivity index (χ2n) is 3.89. The van der Waals surface area contributed by atoms with Crippen LogP contribution in [0.25, 0.3) is 0 Å². The molecule has 0 heterocycles. The zero-order valence-electron chi connectivity index (χ0n) is 9.70. The minimum Gasteiger partial charge on any atom is -0.366 e. The molecule has 19 heavy (non-hydrogen) atoms. The Morgan fingerprint density at radius 3 is 2.32 bits per heavy atom. The van der Waals surface area contributed by atoms with Crippen molar-refractivity contribution < 1.29 is 4.39 Å². The van der Waals surface area contributed by atoms with Gasteiger partial charge >= 0.3 is 0 Å². The van der Waals surface area contributed by atoms with Gasteiger partial charge in [0.1, 0.15) is 11.9 Å². The van der Waals surface area contributed by atoms with Gasteiger partial charge in [0.15, 0.2) is 0 Å². The molecule has 1 unspecified atom stereocenters. The standard InChI is InChI=1S/C14H9Cl2FN2/c15-12-6-1-9(7-13(12)16)14(8-18)19-11-4-2-10(17)3-5-11/h1-7,14,19H. The molecule has 0 amide bonds. The predicted molar refractivity (Wildman–Crippen MR) is 74.8 cm³/mol. The molecule has 2 rings (SSSR count). The average molecular weight is 295 g/mol. The van der Waals surface area contributed by atoms with Crippen LogP contribution in [0.4, 0.5) is 10.1 Å². The molecule has 5 heteroatoms. The number of nitrogens with zero attached hydrogens (tertiary/aromatic N) is 1. The van der Waals surface area contributed by atoms with E-state index in [0.717, 1.165) is 0 Å². The largest absolute Gasteiger partial charge is 0.366 e. The molecule has 0 fully saturated rings. The van der Waals surface area contributed by atoms with Crippen molar-refractivity contribution in [3.05, 3.63) is 63.9 Å². The SMILES string of the molecule is N#CC(Nc1ccc(F)cc1)c1ccc(Cl)c(Cl)c1. The lowest BCUT2D eigenvalue weighted by Gasteiger charge is -2.14. The van der Waals surface area contributed by atoms with Crippen LogP contribution in [0.1, 0.15) is 11.6 Å². The summed E-state index contributed by atoms with van der Waals surface area (Å²) in [5, 5.41) is 13.0. The molecule has 0 aliphatic carbocycles. The molecule has 96 valence electrons. The van der Waals surface area contributed by atoms with Crippen LogP contribution in [0.15, 0.2) is 42.5 Å². The summed E-state index contributed by atoms with van der Waals surface area (Å²) in [5.41, 5.74) is 1.35. The number of hydrogen-bond acceptors (Lipinski definition) is 2. The van der Waals surface area contributed by atoms with Crippen molar-refractivity contribution in [1.29, 1.82) is 5.26 Å². The number of anilines is 1. The van der Waals surface area contributed by atoms with Gasteiger partial charge in [0.25, 0.3) is 0 Å². The highest BCUT2D eigenvalue weighted by atomic mass is 35.5. The fourth-order valence-electron chi connectivity index (χ4n) is 1.59. The van der Waals surface area contributed by atoms with E-state index < -0.39 is 6.04 Å².